The lowest BCUT2D eigenvalue weighted by atomic mass is 10.2. The van der Waals surface area contributed by atoms with Crippen LogP contribution in [0.3, 0.4) is 0 Å². The van der Waals surface area contributed by atoms with E-state index in [9.17, 15) is 0 Å². The Balaban J connectivity index is 2.25. The predicted octanol–water partition coefficient (Wildman–Crippen LogP) is 3.11. The quantitative estimate of drug-likeness (QED) is 0.630. The maximum atomic E-state index is 2.32. The molecule has 1 nitrogen and oxygen atoms in total. The van der Waals surface area contributed by atoms with Crippen molar-refractivity contribution in [3.63, 3.8) is 0 Å². The molecular weight excluding hydrogens is 158 g/mol. The summed E-state index contributed by atoms with van der Waals surface area (Å²) >= 11 is 0. The third-order valence-corrected chi connectivity index (χ3v) is 2.55. The van der Waals surface area contributed by atoms with Crippen LogP contribution < -0.4 is 4.90 Å². The molecule has 1 unspecified atom stereocenters. The summed E-state index contributed by atoms with van der Waals surface area (Å²) in [5, 5.41) is 0. The Morgan fingerprint density at radius 1 is 1.23 bits per heavy atom. The van der Waals surface area contributed by atoms with Crippen molar-refractivity contribution in [2.75, 3.05) is 4.90 Å². The molecular formula is C12H15N. The fraction of sp³-hybridized carbons (Fsp3) is 0.333. The standard InChI is InChI=1S/C12H15N/c1-10-5-7-12(8-6-10)13-9-3-4-11(13)2/h3,5-9,11H,4H2,1-2H3. The molecule has 0 saturated heterocycles. The van der Waals surface area contributed by atoms with E-state index in [0.29, 0.717) is 6.04 Å². The van der Waals surface area contributed by atoms with Crippen molar-refractivity contribution in [1.29, 1.82) is 0 Å². The lowest BCUT2D eigenvalue weighted by Gasteiger charge is -2.22. The van der Waals surface area contributed by atoms with Crippen LogP contribution in [0.4, 0.5) is 5.69 Å². The third-order valence-electron chi connectivity index (χ3n) is 2.55. The number of nitrogens with zero attached hydrogens (tertiary/aromatic N) is 1. The van der Waals surface area contributed by atoms with E-state index in [1.54, 1.807) is 0 Å². The highest BCUT2D eigenvalue weighted by Crippen LogP contribution is 2.23. The van der Waals surface area contributed by atoms with E-state index in [2.05, 4.69) is 55.3 Å². The van der Waals surface area contributed by atoms with Gasteiger partial charge in [0.05, 0.1) is 0 Å². The molecule has 1 aliphatic heterocycles. The van der Waals surface area contributed by atoms with E-state index < -0.39 is 0 Å². The van der Waals surface area contributed by atoms with Gasteiger partial charge < -0.3 is 4.90 Å². The Kier molecular flexibility index (Phi) is 2.09. The van der Waals surface area contributed by atoms with Crippen molar-refractivity contribution >= 4 is 5.69 Å². The Morgan fingerprint density at radius 2 is 1.92 bits per heavy atom. The summed E-state index contributed by atoms with van der Waals surface area (Å²) in [5.74, 6) is 0. The molecule has 0 aromatic heterocycles. The number of hydrogen-bond donors (Lipinski definition) is 0. The fourth-order valence-corrected chi connectivity index (χ4v) is 1.69. The van der Waals surface area contributed by atoms with Gasteiger partial charge in [-0.05, 0) is 32.4 Å². The molecule has 1 heteroatoms. The summed E-state index contributed by atoms with van der Waals surface area (Å²) in [6, 6.07) is 9.30. The van der Waals surface area contributed by atoms with Crippen LogP contribution >= 0.6 is 0 Å². The van der Waals surface area contributed by atoms with Crippen molar-refractivity contribution in [2.24, 2.45) is 0 Å². The first-order valence-corrected chi connectivity index (χ1v) is 4.79. The topological polar surface area (TPSA) is 3.24 Å². The highest BCUT2D eigenvalue weighted by molar-refractivity contribution is 5.52. The zero-order valence-electron chi connectivity index (χ0n) is 8.20. The van der Waals surface area contributed by atoms with Gasteiger partial charge in [0.25, 0.3) is 0 Å². The van der Waals surface area contributed by atoms with Crippen LogP contribution in [0, 0.1) is 6.92 Å². The number of hydrogen-bond acceptors (Lipinski definition) is 1. The Morgan fingerprint density at radius 3 is 2.46 bits per heavy atom. The lowest BCUT2D eigenvalue weighted by molar-refractivity contribution is 0.759. The molecule has 1 aromatic rings. The van der Waals surface area contributed by atoms with Crippen LogP contribution in [0.25, 0.3) is 0 Å². The van der Waals surface area contributed by atoms with Crippen molar-refractivity contribution in [3.05, 3.63) is 42.1 Å². The zero-order valence-corrected chi connectivity index (χ0v) is 8.20. The highest BCUT2D eigenvalue weighted by atomic mass is 15.2. The van der Waals surface area contributed by atoms with Gasteiger partial charge in [-0.15, -0.1) is 0 Å². The van der Waals surface area contributed by atoms with Crippen LogP contribution in [-0.2, 0) is 0 Å². The van der Waals surface area contributed by atoms with E-state index in [0.717, 1.165) is 6.42 Å². The molecule has 0 radical (unpaired) electrons. The van der Waals surface area contributed by atoms with E-state index in [4.69, 9.17) is 0 Å². The molecule has 1 aliphatic rings. The summed E-state index contributed by atoms with van der Waals surface area (Å²) in [7, 11) is 0. The van der Waals surface area contributed by atoms with Crippen LogP contribution in [0.2, 0.25) is 0 Å². The van der Waals surface area contributed by atoms with Crippen LogP contribution in [0.15, 0.2) is 36.5 Å². The van der Waals surface area contributed by atoms with E-state index >= 15 is 0 Å². The average Bonchev–Trinajstić information content (AvgIpc) is 2.53. The normalized spacial score (nSPS) is 21.1. The summed E-state index contributed by atoms with van der Waals surface area (Å²) < 4.78 is 0. The molecule has 1 atom stereocenters. The molecule has 13 heavy (non-hydrogen) atoms. The molecule has 0 saturated carbocycles. The number of rotatable bonds is 1. The van der Waals surface area contributed by atoms with Gasteiger partial charge in [0, 0.05) is 17.9 Å². The lowest BCUT2D eigenvalue weighted by Crippen LogP contribution is -2.22. The average molecular weight is 173 g/mol. The highest BCUT2D eigenvalue weighted by Gasteiger charge is 2.14. The number of aryl methyl sites for hydroxylation is 1. The molecule has 1 heterocycles. The van der Waals surface area contributed by atoms with Gasteiger partial charge in [-0.25, -0.2) is 0 Å². The first kappa shape index (κ1) is 8.36. The fourth-order valence-electron chi connectivity index (χ4n) is 1.69. The summed E-state index contributed by atoms with van der Waals surface area (Å²) in [6.07, 6.45) is 5.56. The van der Waals surface area contributed by atoms with Gasteiger partial charge in [0.1, 0.15) is 0 Å². The second-order valence-corrected chi connectivity index (χ2v) is 3.71. The van der Waals surface area contributed by atoms with Gasteiger partial charge in [-0.2, -0.15) is 0 Å². The summed E-state index contributed by atoms with van der Waals surface area (Å²) in [5.41, 5.74) is 2.62. The van der Waals surface area contributed by atoms with Crippen LogP contribution in [0.5, 0.6) is 0 Å². The Bertz CT molecular complexity index is 310. The molecule has 0 aliphatic carbocycles. The molecule has 0 amide bonds. The van der Waals surface area contributed by atoms with Gasteiger partial charge >= 0.3 is 0 Å². The second kappa shape index (κ2) is 3.25. The number of benzene rings is 1. The van der Waals surface area contributed by atoms with Crippen molar-refractivity contribution < 1.29 is 0 Å². The summed E-state index contributed by atoms with van der Waals surface area (Å²) in [6.45, 7) is 4.37. The maximum absolute atomic E-state index is 2.32. The largest absolute Gasteiger partial charge is 0.345 e. The molecule has 1 aromatic carbocycles. The minimum atomic E-state index is 0.614. The first-order chi connectivity index (χ1) is 6.27. The van der Waals surface area contributed by atoms with Crippen LogP contribution in [0.1, 0.15) is 18.9 Å². The van der Waals surface area contributed by atoms with Gasteiger partial charge in [0.15, 0.2) is 0 Å². The number of anilines is 1. The van der Waals surface area contributed by atoms with Crippen molar-refractivity contribution in [3.8, 4) is 0 Å². The summed E-state index contributed by atoms with van der Waals surface area (Å²) in [4.78, 5) is 2.32. The SMILES string of the molecule is Cc1ccc(N2C=CCC2C)cc1. The molecule has 68 valence electrons. The van der Waals surface area contributed by atoms with E-state index in [1.807, 2.05) is 0 Å². The maximum Gasteiger partial charge on any atom is 0.0408 e. The minimum absolute atomic E-state index is 0.614. The van der Waals surface area contributed by atoms with Gasteiger partial charge in [0.2, 0.25) is 0 Å². The minimum Gasteiger partial charge on any atom is -0.345 e. The van der Waals surface area contributed by atoms with Gasteiger partial charge in [-0.3, -0.25) is 0 Å². The van der Waals surface area contributed by atoms with E-state index in [-0.39, 0.29) is 0 Å². The van der Waals surface area contributed by atoms with Gasteiger partial charge in [-0.1, -0.05) is 23.8 Å². The zero-order chi connectivity index (χ0) is 9.26. The van der Waals surface area contributed by atoms with E-state index in [1.165, 1.54) is 11.3 Å². The third kappa shape index (κ3) is 1.59. The molecule has 0 spiro atoms. The van der Waals surface area contributed by atoms with Crippen LogP contribution in [-0.4, -0.2) is 6.04 Å². The Labute approximate surface area is 79.7 Å². The first-order valence-electron chi connectivity index (χ1n) is 4.79. The predicted molar refractivity (Wildman–Crippen MR) is 56.9 cm³/mol. The second-order valence-electron chi connectivity index (χ2n) is 3.71. The van der Waals surface area contributed by atoms with Crippen molar-refractivity contribution in [2.45, 2.75) is 26.3 Å². The molecule has 0 fully saturated rings. The molecule has 0 N–H and O–H groups in total. The van der Waals surface area contributed by atoms with Crippen molar-refractivity contribution in [1.82, 2.24) is 0 Å². The monoisotopic (exact) mass is 173 g/mol. The molecule has 2 rings (SSSR count). The molecule has 0 bridgehead atoms. The smallest absolute Gasteiger partial charge is 0.0408 e. The Hall–Kier alpha value is -1.24.